The topological polar surface area (TPSA) is 70.2 Å². The van der Waals surface area contributed by atoms with Crippen molar-refractivity contribution in [1.29, 1.82) is 0 Å². The fourth-order valence-corrected chi connectivity index (χ4v) is 3.19. The number of aromatic amines is 1. The van der Waals surface area contributed by atoms with Gasteiger partial charge in [0.25, 0.3) is 0 Å². The van der Waals surface area contributed by atoms with Gasteiger partial charge in [0.1, 0.15) is 6.04 Å². The zero-order valence-electron chi connectivity index (χ0n) is 14.9. The highest BCUT2D eigenvalue weighted by molar-refractivity contribution is 5.83. The number of aryl methyl sites for hydroxylation is 1. The van der Waals surface area contributed by atoms with Crippen LogP contribution in [0.25, 0.3) is 0 Å². The van der Waals surface area contributed by atoms with Crippen molar-refractivity contribution in [3.8, 4) is 0 Å². The van der Waals surface area contributed by atoms with Crippen molar-refractivity contribution in [2.75, 3.05) is 26.8 Å². The normalized spacial score (nSPS) is 16.5. The number of imidazole rings is 1. The van der Waals surface area contributed by atoms with E-state index in [-0.39, 0.29) is 11.9 Å². The third kappa shape index (κ3) is 4.27. The predicted octanol–water partition coefficient (Wildman–Crippen LogP) is 1.97. The van der Waals surface area contributed by atoms with Gasteiger partial charge < -0.3 is 19.9 Å². The lowest BCUT2D eigenvalue weighted by Gasteiger charge is -2.30. The number of benzene rings is 1. The van der Waals surface area contributed by atoms with Crippen molar-refractivity contribution in [2.24, 2.45) is 0 Å². The maximum atomic E-state index is 13.2. The van der Waals surface area contributed by atoms with Gasteiger partial charge in [-0.3, -0.25) is 4.79 Å². The van der Waals surface area contributed by atoms with Crippen LogP contribution in [0.15, 0.2) is 30.6 Å². The number of H-pyrrole nitrogens is 1. The molecule has 6 heteroatoms. The molecule has 0 saturated heterocycles. The first kappa shape index (κ1) is 17.6. The molecule has 0 bridgehead atoms. The maximum Gasteiger partial charge on any atom is 0.246 e. The number of carbonyl (C=O) groups is 1. The lowest BCUT2D eigenvalue weighted by Crippen LogP contribution is -2.44. The van der Waals surface area contributed by atoms with Crippen LogP contribution < -0.4 is 5.32 Å². The van der Waals surface area contributed by atoms with Crippen molar-refractivity contribution in [3.05, 3.63) is 53.1 Å². The highest BCUT2D eigenvalue weighted by Gasteiger charge is 2.31. The van der Waals surface area contributed by atoms with Crippen LogP contribution in [0.1, 0.15) is 35.0 Å². The van der Waals surface area contributed by atoms with Gasteiger partial charge >= 0.3 is 0 Å². The van der Waals surface area contributed by atoms with Gasteiger partial charge in [0.15, 0.2) is 0 Å². The predicted molar refractivity (Wildman–Crippen MR) is 96.1 cm³/mol. The van der Waals surface area contributed by atoms with E-state index < -0.39 is 0 Å². The van der Waals surface area contributed by atoms with Gasteiger partial charge in [-0.15, -0.1) is 0 Å². The van der Waals surface area contributed by atoms with Gasteiger partial charge in [0.05, 0.1) is 12.0 Å². The molecular weight excluding hydrogens is 316 g/mol. The molecule has 0 radical (unpaired) electrons. The monoisotopic (exact) mass is 342 g/mol. The summed E-state index contributed by atoms with van der Waals surface area (Å²) in [5.74, 6) is 0.0738. The van der Waals surface area contributed by atoms with Gasteiger partial charge in [-0.2, -0.15) is 0 Å². The molecule has 1 aliphatic rings. The molecule has 2 heterocycles. The Labute approximate surface area is 148 Å². The molecule has 1 amide bonds. The highest BCUT2D eigenvalue weighted by Crippen LogP contribution is 2.22. The average molecular weight is 342 g/mol. The van der Waals surface area contributed by atoms with Gasteiger partial charge in [-0.1, -0.05) is 29.8 Å². The SMILES string of the molecule is COCCCN(Cc1ccc(C)cc1)C(=O)C1NCCc2[nH]cnc21. The molecule has 1 aromatic carbocycles. The number of nitrogens with zero attached hydrogens (tertiary/aromatic N) is 2. The lowest BCUT2D eigenvalue weighted by molar-refractivity contribution is -0.134. The van der Waals surface area contributed by atoms with Crippen molar-refractivity contribution >= 4 is 5.91 Å². The van der Waals surface area contributed by atoms with Crippen molar-refractivity contribution in [1.82, 2.24) is 20.2 Å². The Morgan fingerprint density at radius 3 is 2.92 bits per heavy atom. The van der Waals surface area contributed by atoms with E-state index in [0.717, 1.165) is 36.3 Å². The van der Waals surface area contributed by atoms with Crippen LogP contribution in [0.4, 0.5) is 0 Å². The second-order valence-electron chi connectivity index (χ2n) is 6.50. The second-order valence-corrected chi connectivity index (χ2v) is 6.50. The van der Waals surface area contributed by atoms with Crippen LogP contribution in [0, 0.1) is 6.92 Å². The lowest BCUT2D eigenvalue weighted by atomic mass is 10.0. The Morgan fingerprint density at radius 2 is 2.16 bits per heavy atom. The molecule has 3 rings (SSSR count). The van der Waals surface area contributed by atoms with E-state index in [1.807, 2.05) is 4.90 Å². The summed E-state index contributed by atoms with van der Waals surface area (Å²) in [4.78, 5) is 22.6. The van der Waals surface area contributed by atoms with Gasteiger partial charge in [-0.05, 0) is 18.9 Å². The Bertz CT molecular complexity index is 696. The molecular formula is C19H26N4O2. The van der Waals surface area contributed by atoms with Crippen LogP contribution in [0.5, 0.6) is 0 Å². The van der Waals surface area contributed by atoms with Crippen LogP contribution >= 0.6 is 0 Å². The summed E-state index contributed by atoms with van der Waals surface area (Å²) in [6, 6.07) is 7.96. The molecule has 0 spiro atoms. The number of methoxy groups -OCH3 is 1. The number of aromatic nitrogens is 2. The smallest absolute Gasteiger partial charge is 0.246 e. The Balaban J connectivity index is 1.76. The van der Waals surface area contributed by atoms with E-state index in [1.165, 1.54) is 5.56 Å². The Kier molecular flexibility index (Phi) is 5.83. The summed E-state index contributed by atoms with van der Waals surface area (Å²) in [7, 11) is 1.69. The number of nitrogens with one attached hydrogen (secondary N) is 2. The van der Waals surface area contributed by atoms with Crippen molar-refractivity contribution in [3.63, 3.8) is 0 Å². The zero-order valence-corrected chi connectivity index (χ0v) is 14.9. The molecule has 2 aromatic rings. The van der Waals surface area contributed by atoms with E-state index in [1.54, 1.807) is 13.4 Å². The van der Waals surface area contributed by atoms with E-state index in [9.17, 15) is 4.79 Å². The standard InChI is InChI=1S/C19H26N4O2/c1-14-4-6-15(7-5-14)12-23(10-3-11-25-2)19(24)18-17-16(8-9-20-18)21-13-22-17/h4-7,13,18,20H,3,8-12H2,1-2H3,(H,21,22). The molecule has 134 valence electrons. The number of fused-ring (bicyclic) bond motifs is 1. The van der Waals surface area contributed by atoms with Crippen molar-refractivity contribution < 1.29 is 9.53 Å². The van der Waals surface area contributed by atoms with Crippen LogP contribution in [0.3, 0.4) is 0 Å². The molecule has 1 unspecified atom stereocenters. The molecule has 2 N–H and O–H groups in total. The summed E-state index contributed by atoms with van der Waals surface area (Å²) >= 11 is 0. The first-order valence-corrected chi connectivity index (χ1v) is 8.78. The number of rotatable bonds is 7. The van der Waals surface area contributed by atoms with Crippen LogP contribution in [-0.2, 0) is 22.5 Å². The Morgan fingerprint density at radius 1 is 1.36 bits per heavy atom. The van der Waals surface area contributed by atoms with Gasteiger partial charge in [0.2, 0.25) is 5.91 Å². The summed E-state index contributed by atoms with van der Waals surface area (Å²) in [5, 5.41) is 3.32. The summed E-state index contributed by atoms with van der Waals surface area (Å²) in [6.07, 6.45) is 3.36. The van der Waals surface area contributed by atoms with Gasteiger partial charge in [-0.25, -0.2) is 4.98 Å². The minimum Gasteiger partial charge on any atom is -0.385 e. The minimum atomic E-state index is -0.372. The molecule has 0 fully saturated rings. The quantitative estimate of drug-likeness (QED) is 0.755. The molecule has 1 aromatic heterocycles. The first-order chi connectivity index (χ1) is 12.2. The Hall–Kier alpha value is -2.18. The maximum absolute atomic E-state index is 13.2. The van der Waals surface area contributed by atoms with E-state index in [4.69, 9.17) is 4.74 Å². The number of hydrogen-bond donors (Lipinski definition) is 2. The third-order valence-corrected chi connectivity index (χ3v) is 4.58. The number of ether oxygens (including phenoxy) is 1. The van der Waals surface area contributed by atoms with Crippen LogP contribution in [0.2, 0.25) is 0 Å². The first-order valence-electron chi connectivity index (χ1n) is 8.78. The molecule has 0 saturated carbocycles. The zero-order chi connectivity index (χ0) is 17.6. The molecule has 1 aliphatic heterocycles. The second kappa shape index (κ2) is 8.27. The fourth-order valence-electron chi connectivity index (χ4n) is 3.19. The molecule has 25 heavy (non-hydrogen) atoms. The minimum absolute atomic E-state index is 0.0738. The van der Waals surface area contributed by atoms with Gasteiger partial charge in [0, 0.05) is 45.5 Å². The third-order valence-electron chi connectivity index (χ3n) is 4.58. The van der Waals surface area contributed by atoms with E-state index in [0.29, 0.717) is 19.7 Å². The number of hydrogen-bond acceptors (Lipinski definition) is 4. The molecule has 6 nitrogen and oxygen atoms in total. The summed E-state index contributed by atoms with van der Waals surface area (Å²) < 4.78 is 5.16. The van der Waals surface area contributed by atoms with E-state index in [2.05, 4.69) is 46.5 Å². The summed E-state index contributed by atoms with van der Waals surface area (Å²) in [5.41, 5.74) is 4.24. The van der Waals surface area contributed by atoms with Crippen LogP contribution in [-0.4, -0.2) is 47.6 Å². The summed E-state index contributed by atoms with van der Waals surface area (Å²) in [6.45, 7) is 4.75. The highest BCUT2D eigenvalue weighted by atomic mass is 16.5. The average Bonchev–Trinajstić information content (AvgIpc) is 3.11. The van der Waals surface area contributed by atoms with Crippen molar-refractivity contribution in [2.45, 2.75) is 32.4 Å². The van der Waals surface area contributed by atoms with E-state index >= 15 is 0 Å². The fraction of sp³-hybridized carbons (Fsp3) is 0.474. The number of carbonyl (C=O) groups excluding carboxylic acids is 1. The molecule has 1 atom stereocenters. The largest absolute Gasteiger partial charge is 0.385 e. The number of amides is 1. The molecule has 0 aliphatic carbocycles.